The Hall–Kier alpha value is -1.56. The highest BCUT2D eigenvalue weighted by Crippen LogP contribution is 2.31. The molecule has 0 aliphatic carbocycles. The van der Waals surface area contributed by atoms with Crippen LogP contribution in [0.4, 0.5) is 5.82 Å². The van der Waals surface area contributed by atoms with Gasteiger partial charge >= 0.3 is 0 Å². The van der Waals surface area contributed by atoms with Gasteiger partial charge in [-0.2, -0.15) is 0 Å². The van der Waals surface area contributed by atoms with Gasteiger partial charge in [-0.3, -0.25) is 4.79 Å². The molecule has 0 saturated carbocycles. The number of aromatic nitrogens is 2. The first-order chi connectivity index (χ1) is 10.9. The van der Waals surface area contributed by atoms with Crippen LogP contribution < -0.4 is 16.2 Å². The lowest BCUT2D eigenvalue weighted by Gasteiger charge is -2.37. The van der Waals surface area contributed by atoms with E-state index in [-0.39, 0.29) is 16.8 Å². The zero-order valence-corrected chi connectivity index (χ0v) is 14.3. The van der Waals surface area contributed by atoms with Crippen molar-refractivity contribution in [2.24, 2.45) is 5.73 Å². The smallest absolute Gasteiger partial charge is 0.276 e. The van der Waals surface area contributed by atoms with Gasteiger partial charge in [-0.25, -0.2) is 4.98 Å². The zero-order valence-electron chi connectivity index (χ0n) is 12.8. The predicted octanol–water partition coefficient (Wildman–Crippen LogP) is 3.06. The van der Waals surface area contributed by atoms with E-state index in [1.54, 1.807) is 24.4 Å². The number of nitrogens with one attached hydrogen (secondary N) is 1. The number of piperidine rings is 1. The van der Waals surface area contributed by atoms with E-state index in [0.717, 1.165) is 25.9 Å². The number of rotatable bonds is 2. The second kappa shape index (κ2) is 6.15. The number of nitrogens with zero attached hydrogens (tertiary/aromatic N) is 2. The fourth-order valence-electron chi connectivity index (χ4n) is 2.69. The van der Waals surface area contributed by atoms with Gasteiger partial charge in [-0.05, 0) is 25.8 Å². The number of hydrogen-bond acceptors (Lipinski definition) is 4. The van der Waals surface area contributed by atoms with Crippen LogP contribution in [0.3, 0.4) is 0 Å². The van der Waals surface area contributed by atoms with Crippen LogP contribution in [-0.4, -0.2) is 28.6 Å². The van der Waals surface area contributed by atoms with Crippen molar-refractivity contribution >= 4 is 29.0 Å². The highest BCUT2D eigenvalue weighted by atomic mass is 35.5. The second-order valence-electron chi connectivity index (χ2n) is 6.19. The first kappa shape index (κ1) is 16.3. The minimum atomic E-state index is -0.284. The fraction of sp³-hybridized carbons (Fsp3) is 0.375. The summed E-state index contributed by atoms with van der Waals surface area (Å²) in [4.78, 5) is 21.7. The number of nitrogens with two attached hydrogens (primary N) is 1. The van der Waals surface area contributed by atoms with Gasteiger partial charge in [0, 0.05) is 24.2 Å². The first-order valence-corrected chi connectivity index (χ1v) is 8.20. The van der Waals surface area contributed by atoms with Crippen molar-refractivity contribution in [3.05, 3.63) is 44.8 Å². The third kappa shape index (κ3) is 3.37. The van der Waals surface area contributed by atoms with Crippen molar-refractivity contribution in [1.29, 1.82) is 0 Å². The van der Waals surface area contributed by atoms with E-state index in [0.29, 0.717) is 21.4 Å². The van der Waals surface area contributed by atoms with Crippen LogP contribution in [0.1, 0.15) is 19.8 Å². The van der Waals surface area contributed by atoms with E-state index >= 15 is 0 Å². The van der Waals surface area contributed by atoms with Crippen LogP contribution in [0.5, 0.6) is 0 Å². The molecule has 5 nitrogen and oxygen atoms in total. The van der Waals surface area contributed by atoms with Crippen molar-refractivity contribution < 1.29 is 0 Å². The van der Waals surface area contributed by atoms with Gasteiger partial charge in [0.15, 0.2) is 0 Å². The number of aromatic amines is 1. The van der Waals surface area contributed by atoms with Crippen LogP contribution in [0.25, 0.3) is 11.3 Å². The SMILES string of the molecule is CC1(N)CCN(c2cnc(-c3cccc(Cl)c3Cl)c(=O)[nH]2)CC1. The molecule has 0 amide bonds. The summed E-state index contributed by atoms with van der Waals surface area (Å²) in [6.45, 7) is 3.64. The standard InChI is InChI=1S/C16H18Cl2N4O/c1-16(19)5-7-22(8-6-16)12-9-20-14(15(23)21-12)10-3-2-4-11(17)13(10)18/h2-4,9H,5-8,19H2,1H3,(H,21,23). The Morgan fingerprint density at radius 2 is 2.00 bits per heavy atom. The number of anilines is 1. The molecule has 1 aliphatic heterocycles. The summed E-state index contributed by atoms with van der Waals surface area (Å²) in [5, 5.41) is 0.726. The summed E-state index contributed by atoms with van der Waals surface area (Å²) in [5.74, 6) is 0.701. The molecule has 0 radical (unpaired) electrons. The van der Waals surface area contributed by atoms with Gasteiger partial charge in [0.2, 0.25) is 0 Å². The van der Waals surface area contributed by atoms with Gasteiger partial charge in [-0.1, -0.05) is 35.3 Å². The molecule has 3 rings (SSSR count). The lowest BCUT2D eigenvalue weighted by Crippen LogP contribution is -2.48. The van der Waals surface area contributed by atoms with E-state index in [9.17, 15) is 4.79 Å². The minimum absolute atomic E-state index is 0.140. The Kier molecular flexibility index (Phi) is 4.36. The maximum Gasteiger partial charge on any atom is 0.276 e. The maximum atomic E-state index is 12.4. The van der Waals surface area contributed by atoms with Crippen molar-refractivity contribution in [2.75, 3.05) is 18.0 Å². The van der Waals surface area contributed by atoms with Gasteiger partial charge in [0.1, 0.15) is 11.5 Å². The van der Waals surface area contributed by atoms with Crippen molar-refractivity contribution in [2.45, 2.75) is 25.3 Å². The lowest BCUT2D eigenvalue weighted by molar-refractivity contribution is 0.363. The average Bonchev–Trinajstić information content (AvgIpc) is 2.50. The van der Waals surface area contributed by atoms with Crippen molar-refractivity contribution in [3.63, 3.8) is 0 Å². The summed E-state index contributed by atoms with van der Waals surface area (Å²) in [6.07, 6.45) is 3.40. The molecule has 0 atom stereocenters. The normalized spacial score (nSPS) is 17.3. The number of H-pyrrole nitrogens is 1. The van der Waals surface area contributed by atoms with E-state index in [1.807, 2.05) is 0 Å². The molecule has 2 aromatic rings. The molecule has 1 aromatic carbocycles. The molecular formula is C16H18Cl2N4O. The molecule has 1 aliphatic rings. The quantitative estimate of drug-likeness (QED) is 0.870. The summed E-state index contributed by atoms with van der Waals surface area (Å²) in [5.41, 5.74) is 6.51. The Morgan fingerprint density at radius 1 is 1.30 bits per heavy atom. The highest BCUT2D eigenvalue weighted by Gasteiger charge is 2.26. The molecule has 2 heterocycles. The molecule has 0 unspecified atom stereocenters. The third-order valence-corrected chi connectivity index (χ3v) is 5.04. The van der Waals surface area contributed by atoms with E-state index in [1.165, 1.54) is 0 Å². The Morgan fingerprint density at radius 3 is 2.65 bits per heavy atom. The van der Waals surface area contributed by atoms with E-state index in [4.69, 9.17) is 28.9 Å². The van der Waals surface area contributed by atoms with Crippen LogP contribution in [0.2, 0.25) is 10.0 Å². The summed E-state index contributed by atoms with van der Waals surface area (Å²) in [6, 6.07) is 5.14. The van der Waals surface area contributed by atoms with Gasteiger partial charge in [0.25, 0.3) is 5.56 Å². The molecule has 0 spiro atoms. The van der Waals surface area contributed by atoms with E-state index in [2.05, 4.69) is 21.8 Å². The largest absolute Gasteiger partial charge is 0.357 e. The zero-order chi connectivity index (χ0) is 16.6. The van der Waals surface area contributed by atoms with Gasteiger partial charge in [0.05, 0.1) is 16.2 Å². The molecule has 122 valence electrons. The summed E-state index contributed by atoms with van der Waals surface area (Å²) >= 11 is 12.2. The van der Waals surface area contributed by atoms with Crippen molar-refractivity contribution in [1.82, 2.24) is 9.97 Å². The second-order valence-corrected chi connectivity index (χ2v) is 6.97. The van der Waals surface area contributed by atoms with Crippen LogP contribution in [0.15, 0.2) is 29.2 Å². The molecule has 7 heteroatoms. The van der Waals surface area contributed by atoms with Gasteiger partial charge < -0.3 is 15.6 Å². The average molecular weight is 353 g/mol. The summed E-state index contributed by atoms with van der Waals surface area (Å²) < 4.78 is 0. The van der Waals surface area contributed by atoms with Gasteiger partial charge in [-0.15, -0.1) is 0 Å². The number of hydrogen-bond donors (Lipinski definition) is 2. The Labute approximate surface area is 144 Å². The fourth-order valence-corrected chi connectivity index (χ4v) is 3.08. The monoisotopic (exact) mass is 352 g/mol. The highest BCUT2D eigenvalue weighted by molar-refractivity contribution is 6.43. The molecule has 3 N–H and O–H groups in total. The first-order valence-electron chi connectivity index (χ1n) is 7.45. The Balaban J connectivity index is 1.90. The molecule has 1 aromatic heterocycles. The molecule has 1 saturated heterocycles. The molecule has 23 heavy (non-hydrogen) atoms. The van der Waals surface area contributed by atoms with Crippen LogP contribution in [-0.2, 0) is 0 Å². The molecular weight excluding hydrogens is 335 g/mol. The molecule has 0 bridgehead atoms. The minimum Gasteiger partial charge on any atom is -0.357 e. The van der Waals surface area contributed by atoms with Crippen LogP contribution >= 0.6 is 23.2 Å². The predicted molar refractivity (Wildman–Crippen MR) is 94.4 cm³/mol. The van der Waals surface area contributed by atoms with Crippen molar-refractivity contribution in [3.8, 4) is 11.3 Å². The summed E-state index contributed by atoms with van der Waals surface area (Å²) in [7, 11) is 0. The molecule has 1 fully saturated rings. The number of benzene rings is 1. The van der Waals surface area contributed by atoms with Crippen LogP contribution in [0, 0.1) is 0 Å². The maximum absolute atomic E-state index is 12.4. The Bertz CT molecular complexity index is 778. The topological polar surface area (TPSA) is 75.0 Å². The lowest BCUT2D eigenvalue weighted by atomic mass is 9.91. The number of halogens is 2. The van der Waals surface area contributed by atoms with E-state index < -0.39 is 0 Å². The third-order valence-electron chi connectivity index (χ3n) is 4.23.